The topological polar surface area (TPSA) is 49.3 Å². The zero-order valence-corrected chi connectivity index (χ0v) is 16.3. The van der Waals surface area contributed by atoms with Gasteiger partial charge in [-0.25, -0.2) is 4.99 Å². The van der Waals surface area contributed by atoms with E-state index >= 15 is 0 Å². The lowest BCUT2D eigenvalue weighted by Crippen LogP contribution is -2.37. The summed E-state index contributed by atoms with van der Waals surface area (Å²) in [5, 5.41) is 6.63. The van der Waals surface area contributed by atoms with E-state index in [1.54, 1.807) is 0 Å². The molecule has 0 aliphatic rings. The van der Waals surface area contributed by atoms with E-state index < -0.39 is 0 Å². The number of hydrogen-bond donors (Lipinski definition) is 2. The third kappa shape index (κ3) is 9.95. The Morgan fingerprint density at radius 1 is 1.29 bits per heavy atom. The summed E-state index contributed by atoms with van der Waals surface area (Å²) in [6.07, 6.45) is 4.56. The number of aliphatic imine (C=N–C) groups is 1. The highest BCUT2D eigenvalue weighted by molar-refractivity contribution is 14.0. The van der Waals surface area contributed by atoms with Crippen molar-refractivity contribution in [2.75, 3.05) is 25.1 Å². The van der Waals surface area contributed by atoms with Gasteiger partial charge in [0.25, 0.3) is 0 Å². The monoisotopic (exact) mass is 422 g/mol. The number of pyridine rings is 1. The van der Waals surface area contributed by atoms with Gasteiger partial charge in [-0.3, -0.25) is 4.98 Å². The van der Waals surface area contributed by atoms with Crippen LogP contribution in [0.25, 0.3) is 0 Å². The average molecular weight is 422 g/mol. The predicted octanol–water partition coefficient (Wildman–Crippen LogP) is 3.21. The van der Waals surface area contributed by atoms with Crippen molar-refractivity contribution in [2.45, 2.75) is 33.2 Å². The molecule has 0 aromatic carbocycles. The molecular formula is C15H27IN4S. The van der Waals surface area contributed by atoms with Crippen LogP contribution in [0, 0.1) is 6.92 Å². The third-order valence-electron chi connectivity index (χ3n) is 2.76. The number of aryl methyl sites for hydroxylation is 1. The van der Waals surface area contributed by atoms with Crippen LogP contribution in [0.3, 0.4) is 0 Å². The third-order valence-corrected chi connectivity index (χ3v) is 3.45. The number of nitrogens with zero attached hydrogens (tertiary/aromatic N) is 2. The van der Waals surface area contributed by atoms with Gasteiger partial charge in [0.15, 0.2) is 5.96 Å². The van der Waals surface area contributed by atoms with Crippen LogP contribution in [-0.2, 0) is 6.54 Å². The summed E-state index contributed by atoms with van der Waals surface area (Å²) < 4.78 is 0. The number of unbranched alkanes of at least 4 members (excludes halogenated alkanes) is 1. The van der Waals surface area contributed by atoms with Crippen LogP contribution >= 0.6 is 35.7 Å². The van der Waals surface area contributed by atoms with Gasteiger partial charge in [0.05, 0.1) is 12.2 Å². The molecule has 2 N–H and O–H groups in total. The van der Waals surface area contributed by atoms with Crippen LogP contribution in [0.2, 0.25) is 0 Å². The van der Waals surface area contributed by atoms with Crippen molar-refractivity contribution < 1.29 is 0 Å². The SMILES string of the molecule is CCNC(=NCc1cccc(C)n1)NCCCCSC.I. The molecule has 21 heavy (non-hydrogen) atoms. The zero-order valence-electron chi connectivity index (χ0n) is 13.2. The predicted molar refractivity (Wildman–Crippen MR) is 105 cm³/mol. The van der Waals surface area contributed by atoms with Crippen molar-refractivity contribution >= 4 is 41.7 Å². The van der Waals surface area contributed by atoms with Crippen molar-refractivity contribution in [3.8, 4) is 0 Å². The maximum atomic E-state index is 4.57. The fraction of sp³-hybridized carbons (Fsp3) is 0.600. The van der Waals surface area contributed by atoms with Crippen molar-refractivity contribution in [3.63, 3.8) is 0 Å². The number of hydrogen-bond acceptors (Lipinski definition) is 3. The molecule has 4 nitrogen and oxygen atoms in total. The highest BCUT2D eigenvalue weighted by atomic mass is 127. The first-order valence-corrected chi connectivity index (χ1v) is 8.59. The quantitative estimate of drug-likeness (QED) is 0.292. The van der Waals surface area contributed by atoms with Crippen LogP contribution in [0.1, 0.15) is 31.2 Å². The number of aromatic nitrogens is 1. The molecule has 0 spiro atoms. The van der Waals surface area contributed by atoms with Crippen molar-refractivity contribution in [1.29, 1.82) is 0 Å². The lowest BCUT2D eigenvalue weighted by atomic mass is 10.3. The summed E-state index contributed by atoms with van der Waals surface area (Å²) >= 11 is 1.90. The van der Waals surface area contributed by atoms with Gasteiger partial charge in [-0.15, -0.1) is 24.0 Å². The lowest BCUT2D eigenvalue weighted by Gasteiger charge is -2.11. The summed E-state index contributed by atoms with van der Waals surface area (Å²) in [6, 6.07) is 6.04. The van der Waals surface area contributed by atoms with E-state index in [0.717, 1.165) is 30.4 Å². The van der Waals surface area contributed by atoms with E-state index in [4.69, 9.17) is 0 Å². The second-order valence-corrected chi connectivity index (χ2v) is 5.58. The molecule has 1 rings (SSSR count). The van der Waals surface area contributed by atoms with Crippen molar-refractivity contribution in [1.82, 2.24) is 15.6 Å². The second-order valence-electron chi connectivity index (χ2n) is 4.59. The fourth-order valence-corrected chi connectivity index (χ4v) is 2.26. The smallest absolute Gasteiger partial charge is 0.191 e. The first-order chi connectivity index (χ1) is 9.76. The fourth-order valence-electron chi connectivity index (χ4n) is 1.77. The van der Waals surface area contributed by atoms with E-state index in [-0.39, 0.29) is 24.0 Å². The maximum Gasteiger partial charge on any atom is 0.191 e. The Kier molecular flexibility index (Phi) is 12.9. The maximum absolute atomic E-state index is 4.57. The molecule has 0 fully saturated rings. The van der Waals surface area contributed by atoms with Gasteiger partial charge < -0.3 is 10.6 Å². The van der Waals surface area contributed by atoms with Crippen LogP contribution in [-0.4, -0.2) is 36.0 Å². The molecule has 0 radical (unpaired) electrons. The molecule has 120 valence electrons. The summed E-state index contributed by atoms with van der Waals surface area (Å²) in [6.45, 7) is 6.53. The molecule has 0 saturated carbocycles. The minimum absolute atomic E-state index is 0. The van der Waals surface area contributed by atoms with E-state index in [1.807, 2.05) is 36.9 Å². The van der Waals surface area contributed by atoms with Crippen molar-refractivity contribution in [2.24, 2.45) is 4.99 Å². The number of rotatable bonds is 8. The number of halogens is 1. The molecule has 0 amide bonds. The second kappa shape index (κ2) is 13.2. The number of guanidine groups is 1. The molecule has 1 aromatic heterocycles. The summed E-state index contributed by atoms with van der Waals surface area (Å²) in [7, 11) is 0. The van der Waals surface area contributed by atoms with Crippen molar-refractivity contribution in [3.05, 3.63) is 29.6 Å². The summed E-state index contributed by atoms with van der Waals surface area (Å²) in [4.78, 5) is 9.03. The molecule has 0 aliphatic carbocycles. The summed E-state index contributed by atoms with van der Waals surface area (Å²) in [5.74, 6) is 2.10. The van der Waals surface area contributed by atoms with Gasteiger partial charge in [-0.1, -0.05) is 6.07 Å². The Labute approximate surface area is 150 Å². The van der Waals surface area contributed by atoms with E-state index in [2.05, 4.69) is 33.8 Å². The molecule has 0 unspecified atom stereocenters. The Morgan fingerprint density at radius 3 is 2.76 bits per heavy atom. The van der Waals surface area contributed by atoms with Gasteiger partial charge >= 0.3 is 0 Å². The van der Waals surface area contributed by atoms with Crippen LogP contribution in [0.5, 0.6) is 0 Å². The van der Waals surface area contributed by atoms with E-state index in [9.17, 15) is 0 Å². The van der Waals surface area contributed by atoms with Gasteiger partial charge in [0.2, 0.25) is 0 Å². The molecule has 6 heteroatoms. The number of nitrogens with one attached hydrogen (secondary N) is 2. The van der Waals surface area contributed by atoms with Gasteiger partial charge in [-0.05, 0) is 50.8 Å². The zero-order chi connectivity index (χ0) is 14.6. The molecule has 0 bridgehead atoms. The first kappa shape index (κ1) is 20.5. The summed E-state index contributed by atoms with van der Waals surface area (Å²) in [5.41, 5.74) is 2.04. The van der Waals surface area contributed by atoms with Crippen LogP contribution in [0.4, 0.5) is 0 Å². The lowest BCUT2D eigenvalue weighted by molar-refractivity contribution is 0.733. The highest BCUT2D eigenvalue weighted by Crippen LogP contribution is 2.00. The Bertz CT molecular complexity index is 412. The largest absolute Gasteiger partial charge is 0.357 e. The van der Waals surface area contributed by atoms with Gasteiger partial charge in [0, 0.05) is 18.8 Å². The number of thioether (sulfide) groups is 1. The van der Waals surface area contributed by atoms with Crippen LogP contribution in [0.15, 0.2) is 23.2 Å². The van der Waals surface area contributed by atoms with Crippen LogP contribution < -0.4 is 10.6 Å². The average Bonchev–Trinajstić information content (AvgIpc) is 2.44. The first-order valence-electron chi connectivity index (χ1n) is 7.20. The minimum Gasteiger partial charge on any atom is -0.357 e. The normalized spacial score (nSPS) is 10.9. The van der Waals surface area contributed by atoms with E-state index in [0.29, 0.717) is 6.54 Å². The van der Waals surface area contributed by atoms with Gasteiger partial charge in [-0.2, -0.15) is 11.8 Å². The molecular weight excluding hydrogens is 395 g/mol. The molecule has 1 heterocycles. The van der Waals surface area contributed by atoms with Gasteiger partial charge in [0.1, 0.15) is 0 Å². The molecule has 0 atom stereocenters. The highest BCUT2D eigenvalue weighted by Gasteiger charge is 1.98. The Balaban J connectivity index is 0.00000400. The Hall–Kier alpha value is -0.500. The standard InChI is InChI=1S/C15H26N4S.HI/c1-4-16-15(17-10-5-6-11-20-3)18-12-14-9-7-8-13(2)19-14;/h7-9H,4-6,10-12H2,1-3H3,(H2,16,17,18);1H. The molecule has 0 saturated heterocycles. The Morgan fingerprint density at radius 2 is 2.10 bits per heavy atom. The molecule has 1 aromatic rings. The molecule has 0 aliphatic heterocycles. The minimum atomic E-state index is 0. The van der Waals surface area contributed by atoms with E-state index in [1.165, 1.54) is 18.6 Å².